The Morgan fingerprint density at radius 3 is 1.54 bits per heavy atom. The zero-order valence-electron chi connectivity index (χ0n) is 30.6. The van der Waals surface area contributed by atoms with Gasteiger partial charge in [0, 0.05) is 54.5 Å². The summed E-state index contributed by atoms with van der Waals surface area (Å²) in [6.45, 7) is 0. The summed E-state index contributed by atoms with van der Waals surface area (Å²) in [6, 6.07) is 67.2. The highest BCUT2D eigenvalue weighted by atomic mass is 16.1. The zero-order chi connectivity index (χ0) is 37.4. The molecule has 0 fully saturated rings. The highest BCUT2D eigenvalue weighted by Crippen LogP contribution is 2.44. The Balaban J connectivity index is 1.12. The van der Waals surface area contributed by atoms with Crippen molar-refractivity contribution in [1.29, 1.82) is 0 Å². The topological polar surface area (TPSA) is 31.3 Å². The summed E-state index contributed by atoms with van der Waals surface area (Å²) in [7, 11) is 0. The largest absolute Gasteiger partial charge is 0.307 e. The monoisotopic (exact) mass is 725 g/mol. The molecule has 0 aliphatic rings. The normalized spacial score (nSPS) is 12.3. The van der Waals surface area contributed by atoms with E-state index in [2.05, 4.69) is 173 Å². The third-order valence-corrected chi connectivity index (χ3v) is 12.4. The molecule has 0 aliphatic carbocycles. The number of fused-ring (bicyclic) bond motifs is 13. The highest BCUT2D eigenvalue weighted by molar-refractivity contribution is 6.26. The van der Waals surface area contributed by atoms with Gasteiger partial charge in [-0.2, -0.15) is 0 Å². The van der Waals surface area contributed by atoms with E-state index in [0.717, 1.165) is 65.9 Å². The molecule has 4 heterocycles. The van der Waals surface area contributed by atoms with Gasteiger partial charge in [0.15, 0.2) is 0 Å². The van der Waals surface area contributed by atoms with Crippen LogP contribution in [0.2, 0.25) is 0 Å². The minimum Gasteiger partial charge on any atom is -0.307 e. The Morgan fingerprint density at radius 2 is 0.842 bits per heavy atom. The summed E-state index contributed by atoms with van der Waals surface area (Å²) in [4.78, 5) is 14.2. The molecule has 9 aromatic carbocycles. The molecular weight excluding hydrogens is 695 g/mol. The van der Waals surface area contributed by atoms with Crippen LogP contribution in [0.5, 0.6) is 0 Å². The van der Waals surface area contributed by atoms with Crippen molar-refractivity contribution in [3.63, 3.8) is 0 Å². The molecule has 0 aliphatic heterocycles. The lowest BCUT2D eigenvalue weighted by atomic mass is 9.92. The van der Waals surface area contributed by atoms with Crippen LogP contribution in [0, 0.1) is 0 Å². The minimum absolute atomic E-state index is 0.0237. The van der Waals surface area contributed by atoms with E-state index in [0.29, 0.717) is 0 Å². The van der Waals surface area contributed by atoms with Crippen molar-refractivity contribution >= 4 is 92.3 Å². The van der Waals surface area contributed by atoms with E-state index in [1.54, 1.807) is 0 Å². The number of pyridine rings is 1. The summed E-state index contributed by atoms with van der Waals surface area (Å²) in [5, 5.41) is 12.2. The van der Waals surface area contributed by atoms with Gasteiger partial charge in [0.25, 0.3) is 5.56 Å². The molecular formula is C53H31N3O. The molecule has 4 nitrogen and oxygen atoms in total. The summed E-state index contributed by atoms with van der Waals surface area (Å²) in [5.74, 6) is 0. The predicted octanol–water partition coefficient (Wildman–Crippen LogP) is 13.2. The minimum atomic E-state index is 0.0237. The Bertz CT molecular complexity index is 3890. The first-order valence-corrected chi connectivity index (χ1v) is 19.5. The molecule has 0 atom stereocenters. The van der Waals surface area contributed by atoms with Gasteiger partial charge in [0.05, 0.1) is 33.1 Å². The van der Waals surface area contributed by atoms with E-state index in [1.165, 1.54) is 49.0 Å². The van der Waals surface area contributed by atoms with E-state index in [1.807, 2.05) is 28.7 Å². The van der Waals surface area contributed by atoms with E-state index >= 15 is 0 Å². The summed E-state index contributed by atoms with van der Waals surface area (Å²) in [6.07, 6.45) is 0. The molecule has 4 heteroatoms. The van der Waals surface area contributed by atoms with Gasteiger partial charge in [0.1, 0.15) is 0 Å². The fraction of sp³-hybridized carbons (Fsp3) is 0. The molecule has 0 N–H and O–H groups in total. The lowest BCUT2D eigenvalue weighted by molar-refractivity contribution is 1.15. The van der Waals surface area contributed by atoms with Gasteiger partial charge >= 0.3 is 0 Å². The van der Waals surface area contributed by atoms with Crippen LogP contribution in [0.1, 0.15) is 0 Å². The molecule has 13 rings (SSSR count). The van der Waals surface area contributed by atoms with Crippen molar-refractivity contribution in [3.8, 4) is 22.5 Å². The van der Waals surface area contributed by atoms with Gasteiger partial charge in [-0.05, 0) is 75.8 Å². The standard InChI is InChI=1S/C53H31N3O/c57-53-45-20-5-4-19-40(45)49-41(27-28-42-37-16-8-11-24-48(37)56(53)50(42)49)36-21-12-13-32-31-34(25-26-35(32)36)55-47-23-10-7-18-39(47)44-30-29-43-38-17-6-9-22-46(38)54(51(43)52(44)55)33-14-2-1-3-15-33/h1-31H. The maximum Gasteiger partial charge on any atom is 0.263 e. The van der Waals surface area contributed by atoms with Crippen molar-refractivity contribution in [2.45, 2.75) is 0 Å². The van der Waals surface area contributed by atoms with Gasteiger partial charge in [-0.25, -0.2) is 0 Å². The maximum atomic E-state index is 14.2. The Kier molecular flexibility index (Phi) is 6.01. The number of para-hydroxylation sites is 4. The first-order chi connectivity index (χ1) is 28.2. The van der Waals surface area contributed by atoms with Crippen molar-refractivity contribution < 1.29 is 0 Å². The fourth-order valence-corrected chi connectivity index (χ4v) is 10.0. The second kappa shape index (κ2) is 11.2. The predicted molar refractivity (Wildman–Crippen MR) is 239 cm³/mol. The number of hydrogen-bond donors (Lipinski definition) is 0. The second-order valence-corrected chi connectivity index (χ2v) is 15.2. The first-order valence-electron chi connectivity index (χ1n) is 19.5. The van der Waals surface area contributed by atoms with Gasteiger partial charge < -0.3 is 9.13 Å². The molecule has 0 amide bonds. The molecule has 0 saturated carbocycles. The molecule has 0 unspecified atom stereocenters. The Morgan fingerprint density at radius 1 is 0.316 bits per heavy atom. The average molecular weight is 726 g/mol. The van der Waals surface area contributed by atoms with Crippen LogP contribution >= 0.6 is 0 Å². The van der Waals surface area contributed by atoms with Crippen LogP contribution < -0.4 is 5.56 Å². The van der Waals surface area contributed by atoms with Crippen LogP contribution in [0.15, 0.2) is 193 Å². The molecule has 4 aromatic heterocycles. The molecule has 0 spiro atoms. The van der Waals surface area contributed by atoms with Crippen molar-refractivity contribution in [2.75, 3.05) is 0 Å². The molecule has 264 valence electrons. The summed E-state index contributed by atoms with van der Waals surface area (Å²) in [5.41, 5.74) is 11.2. The fourth-order valence-electron chi connectivity index (χ4n) is 10.0. The SMILES string of the molecule is O=c1c2ccccc2c2c(-c3cccc4cc(-n5c6ccccc6c6ccc7c8ccccc8n(-c8ccccc8)c7c65)ccc34)ccc3c4ccccc4n1c32. The highest BCUT2D eigenvalue weighted by Gasteiger charge is 2.23. The molecule has 57 heavy (non-hydrogen) atoms. The van der Waals surface area contributed by atoms with Crippen LogP contribution in [0.3, 0.4) is 0 Å². The number of nitrogens with zero attached hydrogens (tertiary/aromatic N) is 3. The van der Waals surface area contributed by atoms with Crippen LogP contribution in [0.4, 0.5) is 0 Å². The van der Waals surface area contributed by atoms with Crippen molar-refractivity contribution in [1.82, 2.24) is 13.5 Å². The molecule has 13 aromatic rings. The second-order valence-electron chi connectivity index (χ2n) is 15.2. The van der Waals surface area contributed by atoms with Gasteiger partial charge in [-0.1, -0.05) is 140 Å². The van der Waals surface area contributed by atoms with E-state index in [-0.39, 0.29) is 5.56 Å². The molecule has 0 saturated heterocycles. The lowest BCUT2D eigenvalue weighted by Gasteiger charge is -2.15. The Hall–Kier alpha value is -7.69. The van der Waals surface area contributed by atoms with E-state index in [9.17, 15) is 4.79 Å². The third kappa shape index (κ3) is 3.98. The van der Waals surface area contributed by atoms with Crippen LogP contribution in [-0.2, 0) is 0 Å². The number of benzene rings is 9. The maximum absolute atomic E-state index is 14.2. The Labute approximate surface area is 325 Å². The van der Waals surface area contributed by atoms with Crippen molar-refractivity contribution in [2.24, 2.45) is 0 Å². The van der Waals surface area contributed by atoms with Crippen LogP contribution in [-0.4, -0.2) is 13.5 Å². The number of aromatic nitrogens is 3. The van der Waals surface area contributed by atoms with Gasteiger partial charge in [-0.15, -0.1) is 0 Å². The smallest absolute Gasteiger partial charge is 0.263 e. The third-order valence-electron chi connectivity index (χ3n) is 12.4. The molecule has 0 bridgehead atoms. The van der Waals surface area contributed by atoms with Crippen molar-refractivity contribution in [3.05, 3.63) is 198 Å². The summed E-state index contributed by atoms with van der Waals surface area (Å²) >= 11 is 0. The van der Waals surface area contributed by atoms with Gasteiger partial charge in [0.2, 0.25) is 0 Å². The first kappa shape index (κ1) is 30.6. The summed E-state index contributed by atoms with van der Waals surface area (Å²) < 4.78 is 6.84. The van der Waals surface area contributed by atoms with Crippen LogP contribution in [0.25, 0.3) is 115 Å². The van der Waals surface area contributed by atoms with E-state index in [4.69, 9.17) is 0 Å². The number of hydrogen-bond acceptors (Lipinski definition) is 1. The average Bonchev–Trinajstić information content (AvgIpc) is 3.92. The number of rotatable bonds is 3. The van der Waals surface area contributed by atoms with E-state index < -0.39 is 0 Å². The quantitative estimate of drug-likeness (QED) is 0.167. The lowest BCUT2D eigenvalue weighted by Crippen LogP contribution is -2.13. The molecule has 0 radical (unpaired) electrons. The zero-order valence-corrected chi connectivity index (χ0v) is 30.6. The van der Waals surface area contributed by atoms with Gasteiger partial charge in [-0.3, -0.25) is 9.20 Å².